The first-order valence-corrected chi connectivity index (χ1v) is 6.81. The normalized spacial score (nSPS) is 20.1. The first-order valence-electron chi connectivity index (χ1n) is 6.81. The summed E-state index contributed by atoms with van der Waals surface area (Å²) in [7, 11) is 0. The van der Waals surface area contributed by atoms with Crippen molar-refractivity contribution in [3.05, 3.63) is 17.3 Å². The van der Waals surface area contributed by atoms with Gasteiger partial charge in [0, 0.05) is 13.5 Å². The molecule has 1 aromatic rings. The van der Waals surface area contributed by atoms with E-state index >= 15 is 0 Å². The summed E-state index contributed by atoms with van der Waals surface area (Å²) in [5, 5.41) is 0. The van der Waals surface area contributed by atoms with Crippen molar-refractivity contribution < 1.29 is 13.9 Å². The quantitative estimate of drug-likeness (QED) is 0.841. The second-order valence-electron chi connectivity index (χ2n) is 5.50. The molecule has 5 nitrogen and oxygen atoms in total. The highest BCUT2D eigenvalue weighted by Crippen LogP contribution is 2.20. The highest BCUT2D eigenvalue weighted by atomic mass is 16.5. The van der Waals surface area contributed by atoms with Gasteiger partial charge in [0.05, 0.1) is 24.9 Å². The van der Waals surface area contributed by atoms with Crippen LogP contribution in [0.25, 0.3) is 0 Å². The molecule has 1 aliphatic heterocycles. The summed E-state index contributed by atoms with van der Waals surface area (Å²) in [6, 6.07) is 0.131. The predicted octanol–water partition coefficient (Wildman–Crippen LogP) is 2.18. The number of aromatic nitrogens is 1. The molecular weight excluding hydrogens is 244 g/mol. The first-order chi connectivity index (χ1) is 8.99. The van der Waals surface area contributed by atoms with Crippen molar-refractivity contribution in [1.82, 2.24) is 9.88 Å². The molecule has 0 aromatic carbocycles. The summed E-state index contributed by atoms with van der Waals surface area (Å²) < 4.78 is 10.9. The maximum atomic E-state index is 12.6. The van der Waals surface area contributed by atoms with Gasteiger partial charge in [0.2, 0.25) is 5.76 Å². The van der Waals surface area contributed by atoms with Crippen molar-refractivity contribution >= 4 is 5.91 Å². The van der Waals surface area contributed by atoms with E-state index in [0.29, 0.717) is 43.0 Å². The zero-order valence-corrected chi connectivity index (χ0v) is 12.1. The zero-order chi connectivity index (χ0) is 14.0. The van der Waals surface area contributed by atoms with Crippen LogP contribution in [0.4, 0.5) is 0 Å². The molecule has 0 radical (unpaired) electrons. The molecule has 1 aromatic heterocycles. The Morgan fingerprint density at radius 3 is 2.79 bits per heavy atom. The lowest BCUT2D eigenvalue weighted by atomic mass is 10.0. The van der Waals surface area contributed by atoms with Crippen molar-refractivity contribution in [2.45, 2.75) is 40.2 Å². The van der Waals surface area contributed by atoms with E-state index in [0.717, 1.165) is 6.42 Å². The van der Waals surface area contributed by atoms with Crippen molar-refractivity contribution in [3.63, 3.8) is 0 Å². The summed E-state index contributed by atoms with van der Waals surface area (Å²) in [4.78, 5) is 18.6. The molecular formula is C14H22N2O3. The molecule has 1 aliphatic rings. The van der Waals surface area contributed by atoms with Gasteiger partial charge in [0.15, 0.2) is 5.89 Å². The SMILES string of the molecule is Cc1nc(C)c(C(=O)N2CCOCC2CC(C)C)o1. The van der Waals surface area contributed by atoms with Gasteiger partial charge in [0.1, 0.15) is 0 Å². The minimum atomic E-state index is -0.0629. The average Bonchev–Trinajstić information content (AvgIpc) is 2.67. The molecule has 1 fully saturated rings. The fraction of sp³-hybridized carbons (Fsp3) is 0.714. The van der Waals surface area contributed by atoms with E-state index in [-0.39, 0.29) is 11.9 Å². The van der Waals surface area contributed by atoms with Gasteiger partial charge in [-0.05, 0) is 19.3 Å². The van der Waals surface area contributed by atoms with Crippen LogP contribution in [-0.4, -0.2) is 41.6 Å². The Kier molecular flexibility index (Phi) is 4.24. The highest BCUT2D eigenvalue weighted by molar-refractivity contribution is 5.92. The molecule has 0 spiro atoms. The van der Waals surface area contributed by atoms with E-state index in [9.17, 15) is 4.79 Å². The summed E-state index contributed by atoms with van der Waals surface area (Å²) in [6.45, 7) is 9.69. The third kappa shape index (κ3) is 3.15. The van der Waals surface area contributed by atoms with Gasteiger partial charge in [-0.25, -0.2) is 4.98 Å². The number of ether oxygens (including phenoxy) is 1. The van der Waals surface area contributed by atoms with Crippen molar-refractivity contribution in [3.8, 4) is 0 Å². The third-order valence-electron chi connectivity index (χ3n) is 3.33. The topological polar surface area (TPSA) is 55.6 Å². The van der Waals surface area contributed by atoms with Crippen LogP contribution < -0.4 is 0 Å². The van der Waals surface area contributed by atoms with Crippen molar-refractivity contribution in [2.24, 2.45) is 5.92 Å². The Morgan fingerprint density at radius 1 is 1.47 bits per heavy atom. The number of nitrogens with zero attached hydrogens (tertiary/aromatic N) is 2. The molecule has 0 N–H and O–H groups in total. The fourth-order valence-electron chi connectivity index (χ4n) is 2.52. The zero-order valence-electron chi connectivity index (χ0n) is 12.1. The van der Waals surface area contributed by atoms with Gasteiger partial charge in [-0.3, -0.25) is 4.79 Å². The van der Waals surface area contributed by atoms with E-state index in [2.05, 4.69) is 18.8 Å². The summed E-state index contributed by atoms with van der Waals surface area (Å²) in [6.07, 6.45) is 0.942. The number of hydrogen-bond acceptors (Lipinski definition) is 4. The van der Waals surface area contributed by atoms with Gasteiger partial charge >= 0.3 is 0 Å². The molecule has 2 heterocycles. The molecule has 0 saturated carbocycles. The number of morpholine rings is 1. The number of carbonyl (C=O) groups excluding carboxylic acids is 1. The van der Waals surface area contributed by atoms with E-state index in [4.69, 9.17) is 9.15 Å². The monoisotopic (exact) mass is 266 g/mol. The Bertz CT molecular complexity index is 454. The number of aryl methyl sites for hydroxylation is 2. The number of amides is 1. The van der Waals surface area contributed by atoms with Crippen LogP contribution in [0.1, 0.15) is 42.4 Å². The van der Waals surface area contributed by atoms with Crippen LogP contribution in [0.2, 0.25) is 0 Å². The van der Waals surface area contributed by atoms with E-state index in [1.54, 1.807) is 6.92 Å². The summed E-state index contributed by atoms with van der Waals surface area (Å²) in [5.41, 5.74) is 0.664. The fourth-order valence-corrected chi connectivity index (χ4v) is 2.52. The average molecular weight is 266 g/mol. The predicted molar refractivity (Wildman–Crippen MR) is 71.1 cm³/mol. The van der Waals surface area contributed by atoms with E-state index in [1.165, 1.54) is 0 Å². The Hall–Kier alpha value is -1.36. The number of oxazole rings is 1. The van der Waals surface area contributed by atoms with Gasteiger partial charge in [-0.15, -0.1) is 0 Å². The molecule has 1 atom stereocenters. The van der Waals surface area contributed by atoms with Crippen LogP contribution in [0.15, 0.2) is 4.42 Å². The second-order valence-corrected chi connectivity index (χ2v) is 5.50. The highest BCUT2D eigenvalue weighted by Gasteiger charge is 2.31. The summed E-state index contributed by atoms with van der Waals surface area (Å²) >= 11 is 0. The second kappa shape index (κ2) is 5.74. The van der Waals surface area contributed by atoms with Crippen LogP contribution in [-0.2, 0) is 4.74 Å². The van der Waals surface area contributed by atoms with E-state index in [1.807, 2.05) is 11.8 Å². The molecule has 0 bridgehead atoms. The van der Waals surface area contributed by atoms with Crippen molar-refractivity contribution in [2.75, 3.05) is 19.8 Å². The van der Waals surface area contributed by atoms with Gasteiger partial charge < -0.3 is 14.1 Å². The number of carbonyl (C=O) groups is 1. The molecule has 1 amide bonds. The minimum Gasteiger partial charge on any atom is -0.436 e. The Morgan fingerprint density at radius 2 is 2.21 bits per heavy atom. The lowest BCUT2D eigenvalue weighted by Gasteiger charge is -2.36. The first kappa shape index (κ1) is 14.1. The number of rotatable bonds is 3. The molecule has 0 aliphatic carbocycles. The molecule has 2 rings (SSSR count). The van der Waals surface area contributed by atoms with Crippen LogP contribution in [0.3, 0.4) is 0 Å². The number of hydrogen-bond donors (Lipinski definition) is 0. The largest absolute Gasteiger partial charge is 0.436 e. The van der Waals surface area contributed by atoms with Gasteiger partial charge in [-0.1, -0.05) is 13.8 Å². The van der Waals surface area contributed by atoms with Gasteiger partial charge in [-0.2, -0.15) is 0 Å². The van der Waals surface area contributed by atoms with Crippen LogP contribution >= 0.6 is 0 Å². The molecule has 1 saturated heterocycles. The smallest absolute Gasteiger partial charge is 0.291 e. The molecule has 106 valence electrons. The van der Waals surface area contributed by atoms with Crippen LogP contribution in [0, 0.1) is 19.8 Å². The van der Waals surface area contributed by atoms with Gasteiger partial charge in [0.25, 0.3) is 5.91 Å². The van der Waals surface area contributed by atoms with E-state index < -0.39 is 0 Å². The summed E-state index contributed by atoms with van der Waals surface area (Å²) in [5.74, 6) is 1.37. The lowest BCUT2D eigenvalue weighted by Crippen LogP contribution is -2.49. The third-order valence-corrected chi connectivity index (χ3v) is 3.33. The molecule has 1 unspecified atom stereocenters. The lowest BCUT2D eigenvalue weighted by molar-refractivity contribution is -0.00903. The molecule has 19 heavy (non-hydrogen) atoms. The maximum absolute atomic E-state index is 12.6. The minimum absolute atomic E-state index is 0.0629. The maximum Gasteiger partial charge on any atom is 0.291 e. The standard InChI is InChI=1S/C14H22N2O3/c1-9(2)7-12-8-18-6-5-16(12)14(17)13-10(3)15-11(4)19-13/h9,12H,5-8H2,1-4H3. The van der Waals surface area contributed by atoms with Crippen LogP contribution in [0.5, 0.6) is 0 Å². The molecule has 5 heteroatoms. The Balaban J connectivity index is 2.17. The Labute approximate surface area is 113 Å². The van der Waals surface area contributed by atoms with Crippen molar-refractivity contribution in [1.29, 1.82) is 0 Å².